The molecule has 3 fully saturated rings. The number of halogens is 1. The predicted molar refractivity (Wildman–Crippen MR) is 135 cm³/mol. The van der Waals surface area contributed by atoms with E-state index >= 15 is 0 Å². The number of aliphatic imine (C=N–C) groups is 1. The molecule has 170 valence electrons. The van der Waals surface area contributed by atoms with Crippen molar-refractivity contribution in [2.75, 3.05) is 73.5 Å². The Morgan fingerprint density at radius 3 is 2.38 bits per heavy atom. The average Bonchev–Trinajstić information content (AvgIpc) is 3.18. The van der Waals surface area contributed by atoms with Crippen LogP contribution in [0.2, 0.25) is 0 Å². The maximum atomic E-state index is 4.64. The van der Waals surface area contributed by atoms with Crippen LogP contribution >= 0.6 is 24.0 Å². The van der Waals surface area contributed by atoms with Crippen molar-refractivity contribution >= 4 is 29.9 Å². The molecule has 0 radical (unpaired) electrons. The smallest absolute Gasteiger partial charge is 0.193 e. The van der Waals surface area contributed by atoms with Gasteiger partial charge in [0.05, 0.1) is 0 Å². The Bertz CT molecular complexity index is 500. The van der Waals surface area contributed by atoms with Crippen molar-refractivity contribution in [1.82, 2.24) is 24.9 Å². The number of guanidine groups is 1. The lowest BCUT2D eigenvalue weighted by Crippen LogP contribution is -2.62. The van der Waals surface area contributed by atoms with Gasteiger partial charge in [-0.25, -0.2) is 0 Å². The van der Waals surface area contributed by atoms with Crippen molar-refractivity contribution in [1.29, 1.82) is 0 Å². The molecule has 1 unspecified atom stereocenters. The number of rotatable bonds is 6. The summed E-state index contributed by atoms with van der Waals surface area (Å²) in [6.07, 6.45) is 9.32. The van der Waals surface area contributed by atoms with Gasteiger partial charge in [-0.2, -0.15) is 0 Å². The standard InChI is InChI=1S/C22H44N6.HI/c1-5-27-13-9-10-20(27)18-26(4)21(23-2)24-19-22(11-16-25(3)17-12-22)28-14-7-6-8-15-28;/h20H,5-19H2,1-4H3,(H,23,24);1H. The lowest BCUT2D eigenvalue weighted by molar-refractivity contribution is 0.0169. The molecule has 0 bridgehead atoms. The van der Waals surface area contributed by atoms with Crippen molar-refractivity contribution in [2.45, 2.75) is 63.5 Å². The number of hydrogen-bond donors (Lipinski definition) is 1. The minimum Gasteiger partial charge on any atom is -0.354 e. The first-order valence-corrected chi connectivity index (χ1v) is 11.7. The summed E-state index contributed by atoms with van der Waals surface area (Å²) in [6, 6.07) is 0.674. The summed E-state index contributed by atoms with van der Waals surface area (Å²) < 4.78 is 0. The van der Waals surface area contributed by atoms with E-state index in [-0.39, 0.29) is 24.0 Å². The highest BCUT2D eigenvalue weighted by Gasteiger charge is 2.39. The van der Waals surface area contributed by atoms with Gasteiger partial charge in [0.15, 0.2) is 5.96 Å². The molecule has 3 rings (SSSR count). The third-order valence-electron chi connectivity index (χ3n) is 7.48. The molecule has 6 nitrogen and oxygen atoms in total. The highest BCUT2D eigenvalue weighted by atomic mass is 127. The Balaban J connectivity index is 0.00000300. The first kappa shape index (κ1) is 25.1. The molecule has 0 aliphatic carbocycles. The molecule has 0 aromatic carbocycles. The molecule has 0 aromatic rings. The van der Waals surface area contributed by atoms with Gasteiger partial charge < -0.3 is 15.1 Å². The van der Waals surface area contributed by atoms with Crippen molar-refractivity contribution in [2.24, 2.45) is 4.99 Å². The number of piperidine rings is 2. The molecule has 0 saturated carbocycles. The van der Waals surface area contributed by atoms with E-state index in [1.54, 1.807) is 0 Å². The van der Waals surface area contributed by atoms with Gasteiger partial charge in [-0.15, -0.1) is 24.0 Å². The van der Waals surface area contributed by atoms with Crippen LogP contribution in [0.4, 0.5) is 0 Å². The van der Waals surface area contributed by atoms with Crippen LogP contribution in [0.15, 0.2) is 4.99 Å². The van der Waals surface area contributed by atoms with E-state index < -0.39 is 0 Å². The summed E-state index contributed by atoms with van der Waals surface area (Å²) >= 11 is 0. The minimum absolute atomic E-state index is 0. The number of likely N-dealkylation sites (N-methyl/N-ethyl adjacent to an activating group) is 2. The normalized spacial score (nSPS) is 26.9. The predicted octanol–water partition coefficient (Wildman–Crippen LogP) is 2.55. The lowest BCUT2D eigenvalue weighted by Gasteiger charge is -2.50. The Morgan fingerprint density at radius 2 is 1.76 bits per heavy atom. The summed E-state index contributed by atoms with van der Waals surface area (Å²) in [5.41, 5.74) is 0.298. The summed E-state index contributed by atoms with van der Waals surface area (Å²) in [4.78, 5) is 14.9. The number of hydrogen-bond acceptors (Lipinski definition) is 4. The fourth-order valence-corrected chi connectivity index (χ4v) is 5.56. The van der Waals surface area contributed by atoms with Crippen LogP contribution in [0.5, 0.6) is 0 Å². The Hall–Kier alpha value is -0.120. The van der Waals surface area contributed by atoms with Crippen molar-refractivity contribution in [3.63, 3.8) is 0 Å². The van der Waals surface area contributed by atoms with Crippen LogP contribution in [0.1, 0.15) is 51.9 Å². The third-order valence-corrected chi connectivity index (χ3v) is 7.48. The molecule has 3 heterocycles. The molecule has 0 amide bonds. The van der Waals surface area contributed by atoms with Gasteiger partial charge in [0.2, 0.25) is 0 Å². The van der Waals surface area contributed by atoms with Crippen LogP contribution in [0, 0.1) is 0 Å². The fraction of sp³-hybridized carbons (Fsp3) is 0.955. The minimum atomic E-state index is 0. The van der Waals surface area contributed by atoms with E-state index in [0.29, 0.717) is 11.6 Å². The second kappa shape index (κ2) is 12.1. The first-order chi connectivity index (χ1) is 13.6. The summed E-state index contributed by atoms with van der Waals surface area (Å²) in [5, 5.41) is 3.80. The zero-order valence-electron chi connectivity index (χ0n) is 19.3. The Morgan fingerprint density at radius 1 is 1.07 bits per heavy atom. The van der Waals surface area contributed by atoms with E-state index in [4.69, 9.17) is 0 Å². The van der Waals surface area contributed by atoms with Crippen molar-refractivity contribution in [3.05, 3.63) is 0 Å². The van der Waals surface area contributed by atoms with Gasteiger partial charge in [-0.05, 0) is 84.8 Å². The Kier molecular flexibility index (Phi) is 10.5. The van der Waals surface area contributed by atoms with Crippen LogP contribution in [-0.4, -0.2) is 111 Å². The van der Waals surface area contributed by atoms with Crippen LogP contribution in [-0.2, 0) is 0 Å². The van der Waals surface area contributed by atoms with Crippen LogP contribution in [0.3, 0.4) is 0 Å². The SMILES string of the molecule is CCN1CCCC1CN(C)C(=NC)NCC1(N2CCCCC2)CCN(C)CC1.I. The number of nitrogens with one attached hydrogen (secondary N) is 1. The first-order valence-electron chi connectivity index (χ1n) is 11.7. The monoisotopic (exact) mass is 520 g/mol. The second-order valence-corrected chi connectivity index (χ2v) is 9.28. The molecule has 1 atom stereocenters. The molecule has 1 N–H and O–H groups in total. The molecule has 0 aromatic heterocycles. The van der Waals surface area contributed by atoms with E-state index in [1.807, 2.05) is 7.05 Å². The van der Waals surface area contributed by atoms with E-state index in [2.05, 4.69) is 50.9 Å². The van der Waals surface area contributed by atoms with Gasteiger partial charge in [0.25, 0.3) is 0 Å². The van der Waals surface area contributed by atoms with Crippen LogP contribution in [0.25, 0.3) is 0 Å². The van der Waals surface area contributed by atoms with E-state index in [1.165, 1.54) is 77.7 Å². The molecular formula is C22H45IN6. The quantitative estimate of drug-likeness (QED) is 0.331. The Labute approximate surface area is 196 Å². The topological polar surface area (TPSA) is 37.4 Å². The summed E-state index contributed by atoms with van der Waals surface area (Å²) in [5.74, 6) is 1.07. The molecule has 7 heteroatoms. The zero-order chi connectivity index (χ0) is 20.0. The summed E-state index contributed by atoms with van der Waals surface area (Å²) in [7, 11) is 6.42. The lowest BCUT2D eigenvalue weighted by atomic mass is 9.84. The average molecular weight is 521 g/mol. The van der Waals surface area contributed by atoms with Gasteiger partial charge in [0.1, 0.15) is 0 Å². The fourth-order valence-electron chi connectivity index (χ4n) is 5.56. The van der Waals surface area contributed by atoms with E-state index in [0.717, 1.165) is 25.6 Å². The van der Waals surface area contributed by atoms with Gasteiger partial charge >= 0.3 is 0 Å². The zero-order valence-corrected chi connectivity index (χ0v) is 21.7. The molecule has 3 saturated heterocycles. The highest BCUT2D eigenvalue weighted by Crippen LogP contribution is 2.31. The van der Waals surface area contributed by atoms with Crippen molar-refractivity contribution in [3.8, 4) is 0 Å². The third kappa shape index (κ3) is 6.43. The van der Waals surface area contributed by atoms with Crippen LogP contribution < -0.4 is 5.32 Å². The second-order valence-electron chi connectivity index (χ2n) is 9.28. The molecule has 0 spiro atoms. The largest absolute Gasteiger partial charge is 0.354 e. The molecule has 3 aliphatic heterocycles. The van der Waals surface area contributed by atoms with Gasteiger partial charge in [-0.1, -0.05) is 13.3 Å². The van der Waals surface area contributed by atoms with Gasteiger partial charge in [-0.3, -0.25) is 14.8 Å². The van der Waals surface area contributed by atoms with E-state index in [9.17, 15) is 0 Å². The maximum absolute atomic E-state index is 4.64. The molecule has 3 aliphatic rings. The number of nitrogens with zero attached hydrogens (tertiary/aromatic N) is 5. The molecule has 29 heavy (non-hydrogen) atoms. The molecular weight excluding hydrogens is 475 g/mol. The maximum Gasteiger partial charge on any atom is 0.193 e. The van der Waals surface area contributed by atoms with Gasteiger partial charge in [0, 0.05) is 38.8 Å². The highest BCUT2D eigenvalue weighted by molar-refractivity contribution is 14.0. The number of likely N-dealkylation sites (tertiary alicyclic amines) is 3. The van der Waals surface area contributed by atoms with Crippen molar-refractivity contribution < 1.29 is 0 Å². The summed E-state index contributed by atoms with van der Waals surface area (Å²) in [6.45, 7) is 11.8.